The van der Waals surface area contributed by atoms with Gasteiger partial charge in [0, 0.05) is 30.2 Å². The van der Waals surface area contributed by atoms with Crippen LogP contribution in [-0.2, 0) is 11.4 Å². The maximum Gasteiger partial charge on any atom is 0.247 e. The molecule has 0 spiro atoms. The van der Waals surface area contributed by atoms with E-state index in [2.05, 4.69) is 32.1 Å². The van der Waals surface area contributed by atoms with E-state index in [1.165, 1.54) is 24.5 Å². The SMILES string of the molecule is C=CC(=O)Nc1cc2c(Nc3ccc(OCc4cccc(F)c4)c(Cl)c3)ncnc2cc1O[C@@H]1CCN(C)C1. The number of hydrogen-bond donors (Lipinski definition) is 2. The molecule has 5 rings (SSSR count). The zero-order valence-corrected chi connectivity index (χ0v) is 22.0. The number of likely N-dealkylation sites (tertiary alicyclic amines) is 1. The lowest BCUT2D eigenvalue weighted by Gasteiger charge is -2.18. The number of anilines is 3. The number of carbonyl (C=O) groups excluding carboxylic acids is 1. The highest BCUT2D eigenvalue weighted by Gasteiger charge is 2.23. The molecule has 1 amide bonds. The fourth-order valence-corrected chi connectivity index (χ4v) is 4.59. The molecule has 1 aliphatic rings. The second kappa shape index (κ2) is 11.7. The Bertz CT molecular complexity index is 1530. The third kappa shape index (κ3) is 6.45. The van der Waals surface area contributed by atoms with Crippen molar-refractivity contribution in [2.24, 2.45) is 0 Å². The summed E-state index contributed by atoms with van der Waals surface area (Å²) in [6.07, 6.45) is 3.56. The van der Waals surface area contributed by atoms with Gasteiger partial charge in [0.1, 0.15) is 42.2 Å². The number of nitrogens with zero attached hydrogens (tertiary/aromatic N) is 3. The van der Waals surface area contributed by atoms with E-state index in [-0.39, 0.29) is 24.4 Å². The number of halogens is 2. The van der Waals surface area contributed by atoms with Gasteiger partial charge < -0.3 is 25.0 Å². The quantitative estimate of drug-likeness (QED) is 0.250. The average Bonchev–Trinajstić information content (AvgIpc) is 3.33. The predicted molar refractivity (Wildman–Crippen MR) is 150 cm³/mol. The molecule has 3 aromatic carbocycles. The summed E-state index contributed by atoms with van der Waals surface area (Å²) in [5.74, 6) is 0.842. The highest BCUT2D eigenvalue weighted by molar-refractivity contribution is 6.32. The van der Waals surface area contributed by atoms with E-state index in [4.69, 9.17) is 21.1 Å². The number of carbonyl (C=O) groups is 1. The molecule has 1 aliphatic heterocycles. The number of fused-ring (bicyclic) bond motifs is 1. The summed E-state index contributed by atoms with van der Waals surface area (Å²) in [6, 6.07) is 15.0. The maximum atomic E-state index is 13.4. The van der Waals surface area contributed by atoms with Crippen molar-refractivity contribution >= 4 is 45.6 Å². The van der Waals surface area contributed by atoms with E-state index in [0.29, 0.717) is 50.2 Å². The Kier molecular flexibility index (Phi) is 7.90. The van der Waals surface area contributed by atoms with Crippen LogP contribution in [0.2, 0.25) is 5.02 Å². The Labute approximate surface area is 230 Å². The zero-order chi connectivity index (χ0) is 27.4. The molecule has 8 nitrogen and oxygen atoms in total. The van der Waals surface area contributed by atoms with Crippen LogP contribution in [0.5, 0.6) is 11.5 Å². The molecule has 0 saturated carbocycles. The average molecular weight is 548 g/mol. The molecule has 2 heterocycles. The lowest BCUT2D eigenvalue weighted by atomic mass is 10.1. The fraction of sp³-hybridized carbons (Fsp3) is 0.207. The molecule has 0 bridgehead atoms. The topological polar surface area (TPSA) is 88.6 Å². The van der Waals surface area contributed by atoms with Crippen LogP contribution in [0.25, 0.3) is 10.9 Å². The minimum Gasteiger partial charge on any atom is -0.487 e. The number of hydrogen-bond acceptors (Lipinski definition) is 7. The molecule has 2 N–H and O–H groups in total. The first-order valence-corrected chi connectivity index (χ1v) is 12.8. The summed E-state index contributed by atoms with van der Waals surface area (Å²) >= 11 is 6.47. The van der Waals surface area contributed by atoms with Crippen LogP contribution in [0.15, 0.2) is 73.6 Å². The molecule has 39 heavy (non-hydrogen) atoms. The minimum atomic E-state index is -0.352. The van der Waals surface area contributed by atoms with Gasteiger partial charge in [-0.25, -0.2) is 14.4 Å². The maximum absolute atomic E-state index is 13.4. The normalized spacial score (nSPS) is 15.2. The van der Waals surface area contributed by atoms with Gasteiger partial charge in [-0.3, -0.25) is 4.79 Å². The third-order valence-corrected chi connectivity index (χ3v) is 6.60. The number of nitrogens with one attached hydrogen (secondary N) is 2. The number of likely N-dealkylation sites (N-methyl/N-ethyl adjacent to an activating group) is 1. The van der Waals surface area contributed by atoms with Crippen molar-refractivity contribution in [3.8, 4) is 11.5 Å². The van der Waals surface area contributed by atoms with Gasteiger partial charge in [-0.2, -0.15) is 0 Å². The Morgan fingerprint density at radius 2 is 2.08 bits per heavy atom. The summed E-state index contributed by atoms with van der Waals surface area (Å²) in [5, 5.41) is 7.16. The van der Waals surface area contributed by atoms with Crippen molar-refractivity contribution in [3.63, 3.8) is 0 Å². The van der Waals surface area contributed by atoms with Crippen LogP contribution in [0.4, 0.5) is 21.6 Å². The molecule has 0 aliphatic carbocycles. The molecule has 0 unspecified atom stereocenters. The van der Waals surface area contributed by atoms with E-state index in [9.17, 15) is 9.18 Å². The highest BCUT2D eigenvalue weighted by Crippen LogP contribution is 2.36. The Morgan fingerprint density at radius 1 is 1.21 bits per heavy atom. The molecule has 1 fully saturated rings. The van der Waals surface area contributed by atoms with Crippen molar-refractivity contribution in [3.05, 3.63) is 90.0 Å². The fourth-order valence-electron chi connectivity index (χ4n) is 4.35. The summed E-state index contributed by atoms with van der Waals surface area (Å²) in [5.41, 5.74) is 2.51. The molecule has 1 saturated heterocycles. The van der Waals surface area contributed by atoms with Crippen molar-refractivity contribution in [1.82, 2.24) is 14.9 Å². The summed E-state index contributed by atoms with van der Waals surface area (Å²) in [7, 11) is 2.05. The number of aromatic nitrogens is 2. The molecule has 0 radical (unpaired) electrons. The van der Waals surface area contributed by atoms with E-state index >= 15 is 0 Å². The van der Waals surface area contributed by atoms with Gasteiger partial charge in [-0.15, -0.1) is 0 Å². The Balaban J connectivity index is 1.39. The van der Waals surface area contributed by atoms with Gasteiger partial charge in [0.15, 0.2) is 0 Å². The van der Waals surface area contributed by atoms with Crippen molar-refractivity contribution in [2.75, 3.05) is 30.8 Å². The van der Waals surface area contributed by atoms with Crippen molar-refractivity contribution < 1.29 is 18.7 Å². The summed E-state index contributed by atoms with van der Waals surface area (Å²) in [6.45, 7) is 5.47. The van der Waals surface area contributed by atoms with Gasteiger partial charge in [-0.05, 0) is 61.5 Å². The lowest BCUT2D eigenvalue weighted by molar-refractivity contribution is -0.111. The van der Waals surface area contributed by atoms with Gasteiger partial charge in [0.2, 0.25) is 5.91 Å². The smallest absolute Gasteiger partial charge is 0.247 e. The monoisotopic (exact) mass is 547 g/mol. The second-order valence-corrected chi connectivity index (χ2v) is 9.67. The van der Waals surface area contributed by atoms with Crippen LogP contribution >= 0.6 is 11.6 Å². The van der Waals surface area contributed by atoms with E-state index in [1.807, 2.05) is 7.05 Å². The van der Waals surface area contributed by atoms with Gasteiger partial charge in [0.05, 0.1) is 16.2 Å². The van der Waals surface area contributed by atoms with Crippen LogP contribution in [-0.4, -0.2) is 47.0 Å². The number of benzene rings is 3. The van der Waals surface area contributed by atoms with Crippen molar-refractivity contribution in [1.29, 1.82) is 0 Å². The van der Waals surface area contributed by atoms with Crippen LogP contribution in [0, 0.1) is 5.82 Å². The first-order valence-electron chi connectivity index (χ1n) is 12.4. The molecule has 10 heteroatoms. The second-order valence-electron chi connectivity index (χ2n) is 9.26. The number of rotatable bonds is 9. The zero-order valence-electron chi connectivity index (χ0n) is 21.3. The number of amides is 1. The highest BCUT2D eigenvalue weighted by atomic mass is 35.5. The largest absolute Gasteiger partial charge is 0.487 e. The Morgan fingerprint density at radius 3 is 2.82 bits per heavy atom. The third-order valence-electron chi connectivity index (χ3n) is 6.30. The Hall–Kier alpha value is -4.21. The van der Waals surface area contributed by atoms with E-state index < -0.39 is 0 Å². The molecule has 4 aromatic rings. The van der Waals surface area contributed by atoms with Crippen LogP contribution in [0.3, 0.4) is 0 Å². The number of ether oxygens (including phenoxy) is 2. The van der Waals surface area contributed by atoms with E-state index in [1.54, 1.807) is 42.5 Å². The van der Waals surface area contributed by atoms with Crippen molar-refractivity contribution in [2.45, 2.75) is 19.1 Å². The minimum absolute atomic E-state index is 0.00931. The standard InChI is InChI=1S/C29H27ClFN5O3/c1-3-28(37)35-25-13-22-24(14-27(25)39-21-9-10-36(2)15-21)32-17-33-29(22)34-20-7-8-26(23(30)12-20)38-16-18-5-4-6-19(31)11-18/h3-8,11-14,17,21H,1,9-10,15-16H2,2H3,(H,35,37)(H,32,33,34)/t21-/m1/s1. The van der Waals surface area contributed by atoms with Crippen LogP contribution in [0.1, 0.15) is 12.0 Å². The predicted octanol–water partition coefficient (Wildman–Crippen LogP) is 5.95. The first-order chi connectivity index (χ1) is 18.9. The van der Waals surface area contributed by atoms with Gasteiger partial charge in [0.25, 0.3) is 0 Å². The van der Waals surface area contributed by atoms with Gasteiger partial charge in [-0.1, -0.05) is 30.3 Å². The van der Waals surface area contributed by atoms with Crippen LogP contribution < -0.4 is 20.1 Å². The summed E-state index contributed by atoms with van der Waals surface area (Å²) in [4.78, 5) is 23.2. The summed E-state index contributed by atoms with van der Waals surface area (Å²) < 4.78 is 25.5. The molecule has 200 valence electrons. The van der Waals surface area contributed by atoms with Gasteiger partial charge >= 0.3 is 0 Å². The first kappa shape index (κ1) is 26.4. The van der Waals surface area contributed by atoms with E-state index in [0.717, 1.165) is 19.5 Å². The molecular formula is C29H27ClFN5O3. The molecule has 1 aromatic heterocycles. The lowest BCUT2D eigenvalue weighted by Crippen LogP contribution is -2.22. The molecular weight excluding hydrogens is 521 g/mol. The molecule has 1 atom stereocenters.